The van der Waals surface area contributed by atoms with Gasteiger partial charge in [-0.3, -0.25) is 14.6 Å². The minimum atomic E-state index is -3.86. The van der Waals surface area contributed by atoms with Gasteiger partial charge in [0.1, 0.15) is 0 Å². The van der Waals surface area contributed by atoms with Crippen LogP contribution in [0.5, 0.6) is 0 Å². The van der Waals surface area contributed by atoms with Gasteiger partial charge in [0.25, 0.3) is 5.91 Å². The van der Waals surface area contributed by atoms with Crippen LogP contribution in [0.2, 0.25) is 0 Å². The standard InChI is InChI=1S/C23H29N5O7S/c1-23(20(29)24-32,36(3,33)34)8-9-27-17-19-15-18(16-28(19)21(27)30)7-5-4-6-14-35-22(31)26-12-10-25(2)11-13-26/h15-16,32H,8-14,17H2,1-3H3,(H,24,29)/t23-/m1/s1. The molecule has 2 aliphatic heterocycles. The van der Waals surface area contributed by atoms with Crippen LogP contribution in [-0.4, -0.2) is 108 Å². The first-order valence-corrected chi connectivity index (χ1v) is 13.1. The van der Waals surface area contributed by atoms with Crippen molar-refractivity contribution in [3.63, 3.8) is 0 Å². The van der Waals surface area contributed by atoms with Crippen LogP contribution in [0.15, 0.2) is 12.3 Å². The summed E-state index contributed by atoms with van der Waals surface area (Å²) in [5.41, 5.74) is 2.62. The summed E-state index contributed by atoms with van der Waals surface area (Å²) in [7, 11) is -1.86. The van der Waals surface area contributed by atoms with E-state index in [0.29, 0.717) is 24.3 Å². The topological polar surface area (TPSA) is 141 Å². The Morgan fingerprint density at radius 2 is 1.92 bits per heavy atom. The normalized spacial score (nSPS) is 17.3. The number of carbonyl (C=O) groups is 3. The Labute approximate surface area is 210 Å². The fourth-order valence-electron chi connectivity index (χ4n) is 3.76. The lowest BCUT2D eigenvalue weighted by molar-refractivity contribution is -0.131. The van der Waals surface area contributed by atoms with Crippen molar-refractivity contribution >= 4 is 27.9 Å². The minimum Gasteiger partial charge on any atom is -0.436 e. The van der Waals surface area contributed by atoms with Gasteiger partial charge in [-0.25, -0.2) is 23.5 Å². The molecule has 0 saturated carbocycles. The summed E-state index contributed by atoms with van der Waals surface area (Å²) in [4.78, 5) is 41.8. The fourth-order valence-corrected chi connectivity index (χ4v) is 4.61. The van der Waals surface area contributed by atoms with E-state index >= 15 is 0 Å². The quantitative estimate of drug-likeness (QED) is 0.297. The van der Waals surface area contributed by atoms with Crippen molar-refractivity contribution in [1.29, 1.82) is 0 Å². The van der Waals surface area contributed by atoms with Crippen molar-refractivity contribution in [1.82, 2.24) is 24.7 Å². The molecule has 36 heavy (non-hydrogen) atoms. The largest absolute Gasteiger partial charge is 0.436 e. The van der Waals surface area contributed by atoms with Crippen LogP contribution in [0.3, 0.4) is 0 Å². The highest BCUT2D eigenvalue weighted by atomic mass is 32.2. The number of nitrogens with one attached hydrogen (secondary N) is 1. The first-order valence-electron chi connectivity index (χ1n) is 11.2. The number of amides is 3. The smallest absolute Gasteiger partial charge is 0.410 e. The molecule has 1 fully saturated rings. The number of hydrogen-bond donors (Lipinski definition) is 2. The Morgan fingerprint density at radius 3 is 2.53 bits per heavy atom. The average molecular weight is 520 g/mol. The van der Waals surface area contributed by atoms with Crippen molar-refractivity contribution in [2.75, 3.05) is 52.6 Å². The van der Waals surface area contributed by atoms with Gasteiger partial charge in [-0.1, -0.05) is 5.92 Å². The number of hydrogen-bond acceptors (Lipinski definition) is 8. The summed E-state index contributed by atoms with van der Waals surface area (Å²) in [5.74, 6) is 9.73. The summed E-state index contributed by atoms with van der Waals surface area (Å²) >= 11 is 0. The lowest BCUT2D eigenvalue weighted by Crippen LogP contribution is -2.50. The highest BCUT2D eigenvalue weighted by Gasteiger charge is 2.44. The number of likely N-dealkylation sites (N-methyl/N-ethyl adjacent to an activating group) is 1. The van der Waals surface area contributed by atoms with Gasteiger partial charge in [0.05, 0.1) is 6.54 Å². The van der Waals surface area contributed by atoms with Crippen LogP contribution < -0.4 is 5.48 Å². The van der Waals surface area contributed by atoms with Crippen molar-refractivity contribution in [3.05, 3.63) is 23.5 Å². The summed E-state index contributed by atoms with van der Waals surface area (Å²) in [5, 5.41) is 8.93. The lowest BCUT2D eigenvalue weighted by Gasteiger charge is -2.31. The molecule has 0 unspecified atom stereocenters. The second-order valence-electron chi connectivity index (χ2n) is 8.88. The molecule has 194 valence electrons. The molecule has 2 aliphatic rings. The van der Waals surface area contributed by atoms with E-state index in [9.17, 15) is 22.8 Å². The molecule has 13 heteroatoms. The summed E-state index contributed by atoms with van der Waals surface area (Å²) in [6.07, 6.45) is 1.88. The van der Waals surface area contributed by atoms with Crippen LogP contribution in [0.25, 0.3) is 0 Å². The molecule has 3 amide bonds. The van der Waals surface area contributed by atoms with Crippen molar-refractivity contribution < 1.29 is 32.7 Å². The first kappa shape index (κ1) is 27.1. The third kappa shape index (κ3) is 5.99. The molecule has 12 nitrogen and oxygen atoms in total. The third-order valence-corrected chi connectivity index (χ3v) is 8.40. The Balaban J connectivity index is 1.51. The van der Waals surface area contributed by atoms with Gasteiger partial charge in [-0.05, 0) is 44.2 Å². The minimum absolute atomic E-state index is 0.00313. The van der Waals surface area contributed by atoms with Gasteiger partial charge in [-0.15, -0.1) is 0 Å². The maximum Gasteiger partial charge on any atom is 0.410 e. The van der Waals surface area contributed by atoms with Gasteiger partial charge in [0, 0.05) is 56.4 Å². The molecule has 3 rings (SSSR count). The molecular formula is C23H29N5O7S. The molecular weight excluding hydrogens is 490 g/mol. The van der Waals surface area contributed by atoms with Gasteiger partial charge in [-0.2, -0.15) is 0 Å². The van der Waals surface area contributed by atoms with Crippen LogP contribution in [-0.2, 0) is 25.9 Å². The van der Waals surface area contributed by atoms with E-state index in [-0.39, 0.29) is 32.1 Å². The van der Waals surface area contributed by atoms with Crippen molar-refractivity contribution in [2.24, 2.45) is 0 Å². The van der Waals surface area contributed by atoms with Gasteiger partial charge in [0.15, 0.2) is 21.2 Å². The van der Waals surface area contributed by atoms with E-state index < -0.39 is 26.6 Å². The molecule has 2 N–H and O–H groups in total. The van der Waals surface area contributed by atoms with E-state index in [0.717, 1.165) is 19.3 Å². The van der Waals surface area contributed by atoms with Gasteiger partial charge < -0.3 is 19.4 Å². The SMILES string of the molecule is CN1CCN(C(=O)OCC#CC#Cc2cc3n(c2)C(=O)N(CC[C@](C)(C(=O)NO)S(C)(=O)=O)C3)CC1. The Bertz CT molecular complexity index is 1260. The summed E-state index contributed by atoms with van der Waals surface area (Å²) in [6.45, 7) is 4.19. The maximum absolute atomic E-state index is 12.7. The molecule has 0 aromatic carbocycles. The molecule has 0 spiro atoms. The number of hydroxylamine groups is 1. The fraction of sp³-hybridized carbons (Fsp3) is 0.522. The molecule has 3 heterocycles. The van der Waals surface area contributed by atoms with Crippen LogP contribution >= 0.6 is 0 Å². The van der Waals surface area contributed by atoms with Crippen molar-refractivity contribution in [3.8, 4) is 23.7 Å². The number of aromatic nitrogens is 1. The van der Waals surface area contributed by atoms with E-state index in [1.54, 1.807) is 17.2 Å². The number of ether oxygens (including phenoxy) is 1. The monoisotopic (exact) mass is 519 g/mol. The number of piperazine rings is 1. The second-order valence-corrected chi connectivity index (χ2v) is 11.3. The lowest BCUT2D eigenvalue weighted by atomic mass is 10.1. The highest BCUT2D eigenvalue weighted by Crippen LogP contribution is 2.25. The predicted octanol–water partition coefficient (Wildman–Crippen LogP) is -0.290. The molecule has 1 aromatic heterocycles. The van der Waals surface area contributed by atoms with Crippen molar-refractivity contribution in [2.45, 2.75) is 24.6 Å². The van der Waals surface area contributed by atoms with Gasteiger partial charge >= 0.3 is 12.1 Å². The summed E-state index contributed by atoms with van der Waals surface area (Å²) in [6, 6.07) is 1.34. The molecule has 1 aromatic rings. The van der Waals surface area contributed by atoms with Gasteiger partial charge in [0.2, 0.25) is 0 Å². The average Bonchev–Trinajstić information content (AvgIpc) is 3.36. The summed E-state index contributed by atoms with van der Waals surface area (Å²) < 4.78 is 28.9. The Morgan fingerprint density at radius 1 is 1.22 bits per heavy atom. The number of nitrogens with zero attached hydrogens (tertiary/aromatic N) is 4. The number of sulfone groups is 1. The highest BCUT2D eigenvalue weighted by molar-refractivity contribution is 7.92. The third-order valence-electron chi connectivity index (χ3n) is 6.38. The molecule has 1 saturated heterocycles. The van der Waals surface area contributed by atoms with E-state index in [2.05, 4.69) is 28.6 Å². The molecule has 1 atom stereocenters. The van der Waals surface area contributed by atoms with E-state index in [4.69, 9.17) is 9.94 Å². The van der Waals surface area contributed by atoms with Crippen LogP contribution in [0, 0.1) is 23.7 Å². The zero-order valence-electron chi connectivity index (χ0n) is 20.4. The number of rotatable bonds is 6. The first-order chi connectivity index (χ1) is 17.0. The zero-order chi connectivity index (χ0) is 26.5. The van der Waals surface area contributed by atoms with E-state index in [1.807, 2.05) is 7.05 Å². The van der Waals surface area contributed by atoms with Crippen LogP contribution in [0.1, 0.15) is 24.6 Å². The number of carbonyl (C=O) groups excluding carboxylic acids is 3. The molecule has 0 radical (unpaired) electrons. The molecule has 0 bridgehead atoms. The second kappa shape index (κ2) is 11.0. The predicted molar refractivity (Wildman–Crippen MR) is 129 cm³/mol. The maximum atomic E-state index is 12.7. The zero-order valence-corrected chi connectivity index (χ0v) is 21.2. The van der Waals surface area contributed by atoms with Crippen LogP contribution in [0.4, 0.5) is 9.59 Å². The Kier molecular flexibility index (Phi) is 8.30. The number of fused-ring (bicyclic) bond motifs is 1. The Hall–Kier alpha value is -3.52. The van der Waals surface area contributed by atoms with E-state index in [1.165, 1.54) is 21.9 Å². The molecule has 0 aliphatic carbocycles.